The second-order valence-corrected chi connectivity index (χ2v) is 7.07. The number of carboxylic acid groups (broad SMARTS) is 1. The molecule has 2 fully saturated rings. The van der Waals surface area contributed by atoms with Crippen molar-refractivity contribution in [3.8, 4) is 0 Å². The van der Waals surface area contributed by atoms with Crippen molar-refractivity contribution in [1.82, 2.24) is 4.90 Å². The molecule has 1 saturated carbocycles. The summed E-state index contributed by atoms with van der Waals surface area (Å²) in [4.78, 5) is 13.6. The van der Waals surface area contributed by atoms with E-state index in [4.69, 9.17) is 0 Å². The Bertz CT molecular complexity index is 531. The van der Waals surface area contributed by atoms with Crippen LogP contribution in [0.25, 0.3) is 0 Å². The summed E-state index contributed by atoms with van der Waals surface area (Å²) in [6.45, 7) is 0.508. The van der Waals surface area contributed by atoms with E-state index in [-0.39, 0.29) is 5.82 Å². The first-order valence-corrected chi connectivity index (χ1v) is 8.27. The van der Waals surface area contributed by atoms with Gasteiger partial charge in [-0.05, 0) is 48.9 Å². The van der Waals surface area contributed by atoms with Crippen LogP contribution in [0.2, 0.25) is 0 Å². The summed E-state index contributed by atoms with van der Waals surface area (Å²) in [5.74, 6) is -0.553. The molecule has 0 unspecified atom stereocenters. The van der Waals surface area contributed by atoms with Gasteiger partial charge in [0.25, 0.3) is 0 Å². The van der Waals surface area contributed by atoms with Crippen molar-refractivity contribution in [1.29, 1.82) is 0 Å². The summed E-state index contributed by atoms with van der Waals surface area (Å²) >= 11 is 3.30. The number of hydrogen-bond donors (Lipinski definition) is 1. The van der Waals surface area contributed by atoms with Crippen LogP contribution < -0.4 is 0 Å². The van der Waals surface area contributed by atoms with E-state index in [0.717, 1.165) is 31.2 Å². The molecule has 5 heteroatoms. The zero-order valence-electron chi connectivity index (χ0n) is 11.8. The minimum Gasteiger partial charge on any atom is -0.480 e. The van der Waals surface area contributed by atoms with Gasteiger partial charge in [-0.15, -0.1) is 0 Å². The highest BCUT2D eigenvalue weighted by atomic mass is 79.9. The molecule has 3 nitrogen and oxygen atoms in total. The van der Waals surface area contributed by atoms with Crippen LogP contribution >= 0.6 is 15.9 Å². The van der Waals surface area contributed by atoms with Crippen molar-refractivity contribution in [2.75, 3.05) is 0 Å². The van der Waals surface area contributed by atoms with E-state index in [0.29, 0.717) is 23.0 Å². The molecule has 1 aromatic carbocycles. The average Bonchev–Trinajstić information content (AvgIpc) is 2.77. The first-order chi connectivity index (χ1) is 10.0. The summed E-state index contributed by atoms with van der Waals surface area (Å²) < 4.78 is 14.2. The van der Waals surface area contributed by atoms with Crippen molar-refractivity contribution in [2.45, 2.75) is 50.7 Å². The van der Waals surface area contributed by atoms with Crippen LogP contribution in [-0.2, 0) is 11.3 Å². The van der Waals surface area contributed by atoms with E-state index in [1.165, 1.54) is 18.6 Å². The summed E-state index contributed by atoms with van der Waals surface area (Å²) in [5, 5.41) is 9.49. The van der Waals surface area contributed by atoms with E-state index in [2.05, 4.69) is 20.8 Å². The molecule has 21 heavy (non-hydrogen) atoms. The van der Waals surface area contributed by atoms with E-state index < -0.39 is 12.0 Å². The fourth-order valence-corrected chi connectivity index (χ4v) is 4.45. The van der Waals surface area contributed by atoms with Crippen LogP contribution in [-0.4, -0.2) is 28.1 Å². The monoisotopic (exact) mass is 355 g/mol. The third kappa shape index (κ3) is 3.14. The molecule has 0 aromatic heterocycles. The van der Waals surface area contributed by atoms with Crippen LogP contribution in [0.3, 0.4) is 0 Å². The van der Waals surface area contributed by atoms with Gasteiger partial charge in [0.15, 0.2) is 0 Å². The van der Waals surface area contributed by atoms with Gasteiger partial charge in [0.1, 0.15) is 11.9 Å². The summed E-state index contributed by atoms with van der Waals surface area (Å²) in [6.07, 6.45) is 5.28. The summed E-state index contributed by atoms with van der Waals surface area (Å²) in [6, 6.07) is 4.70. The zero-order chi connectivity index (χ0) is 15.0. The maximum Gasteiger partial charge on any atom is 0.320 e. The lowest BCUT2D eigenvalue weighted by Crippen LogP contribution is -2.41. The van der Waals surface area contributed by atoms with Crippen LogP contribution in [0.15, 0.2) is 22.7 Å². The fraction of sp³-hybridized carbons (Fsp3) is 0.562. The molecule has 1 heterocycles. The average molecular weight is 356 g/mol. The van der Waals surface area contributed by atoms with Crippen LogP contribution in [0.4, 0.5) is 4.39 Å². The molecule has 1 aliphatic carbocycles. The van der Waals surface area contributed by atoms with Crippen LogP contribution in [0.5, 0.6) is 0 Å². The molecular weight excluding hydrogens is 337 g/mol. The third-order valence-electron chi connectivity index (χ3n) is 4.79. The van der Waals surface area contributed by atoms with Gasteiger partial charge in [-0.25, -0.2) is 4.39 Å². The Balaban J connectivity index is 1.84. The number of benzene rings is 1. The minimum atomic E-state index is -0.750. The van der Waals surface area contributed by atoms with Gasteiger partial charge >= 0.3 is 5.97 Å². The van der Waals surface area contributed by atoms with Gasteiger partial charge in [0.2, 0.25) is 0 Å². The Labute approximate surface area is 132 Å². The number of hydrogen-bond acceptors (Lipinski definition) is 2. The van der Waals surface area contributed by atoms with Crippen molar-refractivity contribution in [3.05, 3.63) is 34.1 Å². The number of nitrogens with zero attached hydrogens (tertiary/aromatic N) is 1. The molecule has 0 radical (unpaired) electrons. The molecule has 1 aromatic rings. The third-order valence-corrected chi connectivity index (χ3v) is 5.25. The Morgan fingerprint density at radius 1 is 1.33 bits per heavy atom. The first kappa shape index (κ1) is 15.0. The molecule has 3 atom stereocenters. The molecule has 0 bridgehead atoms. The van der Waals surface area contributed by atoms with Gasteiger partial charge in [0, 0.05) is 17.1 Å². The molecular formula is C16H19BrFNO2. The Morgan fingerprint density at radius 2 is 2.10 bits per heavy atom. The van der Waals surface area contributed by atoms with E-state index >= 15 is 0 Å². The molecule has 1 saturated heterocycles. The SMILES string of the molecule is O=C(O)[C@@H]1C[C@H]2CCCC[C@H]2N1Cc1cc(F)cc(Br)c1. The predicted molar refractivity (Wildman–Crippen MR) is 81.4 cm³/mol. The Hall–Kier alpha value is -0.940. The number of aliphatic carboxylic acids is 1. The normalized spacial score (nSPS) is 29.3. The molecule has 0 amide bonds. The number of fused-ring (bicyclic) bond motifs is 1. The van der Waals surface area contributed by atoms with Crippen LogP contribution in [0, 0.1) is 11.7 Å². The number of carboxylic acids is 1. The van der Waals surface area contributed by atoms with E-state index in [1.54, 1.807) is 0 Å². The number of halogens is 2. The van der Waals surface area contributed by atoms with Crippen LogP contribution in [0.1, 0.15) is 37.7 Å². The molecule has 3 rings (SSSR count). The van der Waals surface area contributed by atoms with Gasteiger partial charge < -0.3 is 5.11 Å². The van der Waals surface area contributed by atoms with Gasteiger partial charge in [0.05, 0.1) is 0 Å². The zero-order valence-corrected chi connectivity index (χ0v) is 13.4. The molecule has 1 aliphatic heterocycles. The lowest BCUT2D eigenvalue weighted by molar-refractivity contribution is -0.142. The molecule has 0 spiro atoms. The topological polar surface area (TPSA) is 40.5 Å². The Morgan fingerprint density at radius 3 is 2.81 bits per heavy atom. The molecule has 1 N–H and O–H groups in total. The number of rotatable bonds is 3. The van der Waals surface area contributed by atoms with Gasteiger partial charge in [-0.2, -0.15) is 0 Å². The standard InChI is InChI=1S/C16H19BrFNO2/c17-12-5-10(6-13(18)8-12)9-19-14-4-2-1-3-11(14)7-15(19)16(20)21/h5-6,8,11,14-15H,1-4,7,9H2,(H,20,21)/t11-,14-,15+/m1/s1. The largest absolute Gasteiger partial charge is 0.480 e. The van der Waals surface area contributed by atoms with E-state index in [1.807, 2.05) is 6.07 Å². The quantitative estimate of drug-likeness (QED) is 0.896. The Kier molecular flexibility index (Phi) is 4.31. The van der Waals surface area contributed by atoms with Crippen molar-refractivity contribution >= 4 is 21.9 Å². The highest BCUT2D eigenvalue weighted by Crippen LogP contribution is 2.40. The second kappa shape index (κ2) is 6.05. The maximum atomic E-state index is 13.5. The van der Waals surface area contributed by atoms with Crippen molar-refractivity contribution in [3.63, 3.8) is 0 Å². The number of likely N-dealkylation sites (tertiary alicyclic amines) is 1. The van der Waals surface area contributed by atoms with E-state index in [9.17, 15) is 14.3 Å². The molecule has 114 valence electrons. The van der Waals surface area contributed by atoms with Gasteiger partial charge in [-0.3, -0.25) is 9.69 Å². The minimum absolute atomic E-state index is 0.286. The fourth-order valence-electron chi connectivity index (χ4n) is 3.94. The summed E-state index contributed by atoms with van der Waals surface area (Å²) in [5.41, 5.74) is 0.833. The van der Waals surface area contributed by atoms with Crippen molar-refractivity contribution in [2.24, 2.45) is 5.92 Å². The highest BCUT2D eigenvalue weighted by Gasteiger charge is 2.44. The maximum absolute atomic E-state index is 13.5. The first-order valence-electron chi connectivity index (χ1n) is 7.48. The molecule has 2 aliphatic rings. The predicted octanol–water partition coefficient (Wildman–Crippen LogP) is 3.81. The second-order valence-electron chi connectivity index (χ2n) is 6.15. The summed E-state index contributed by atoms with van der Waals surface area (Å²) in [7, 11) is 0. The number of carbonyl (C=O) groups is 1. The lowest BCUT2D eigenvalue weighted by atomic mass is 9.84. The van der Waals surface area contributed by atoms with Gasteiger partial charge in [-0.1, -0.05) is 28.8 Å². The highest BCUT2D eigenvalue weighted by molar-refractivity contribution is 9.10. The lowest BCUT2D eigenvalue weighted by Gasteiger charge is -2.33. The van der Waals surface area contributed by atoms with Crippen molar-refractivity contribution < 1.29 is 14.3 Å². The smallest absolute Gasteiger partial charge is 0.320 e.